The van der Waals surface area contributed by atoms with Gasteiger partial charge in [-0.3, -0.25) is 4.79 Å². The van der Waals surface area contributed by atoms with Crippen LogP contribution in [0.2, 0.25) is 0 Å². The van der Waals surface area contributed by atoms with Crippen LogP contribution >= 0.6 is 15.9 Å². The molecular weight excluding hydrogens is 282 g/mol. The highest BCUT2D eigenvalue weighted by Crippen LogP contribution is 2.12. The van der Waals surface area contributed by atoms with Crippen molar-refractivity contribution < 1.29 is 9.90 Å². The second-order valence-electron chi connectivity index (χ2n) is 3.82. The van der Waals surface area contributed by atoms with E-state index in [2.05, 4.69) is 21.2 Å². The Morgan fingerprint density at radius 1 is 1.59 bits per heavy atom. The molecular formula is C13H16BrNO2. The Labute approximate surface area is 110 Å². The van der Waals surface area contributed by atoms with Crippen LogP contribution in [0.25, 0.3) is 6.08 Å². The smallest absolute Gasteiger partial charge is 0.244 e. The Balaban J connectivity index is 2.40. The molecule has 0 bridgehead atoms. The van der Waals surface area contributed by atoms with Crippen molar-refractivity contribution in [3.8, 4) is 0 Å². The van der Waals surface area contributed by atoms with Gasteiger partial charge in [0.05, 0.1) is 6.10 Å². The van der Waals surface area contributed by atoms with Crippen molar-refractivity contribution in [3.63, 3.8) is 0 Å². The molecule has 0 aromatic heterocycles. The molecule has 0 fully saturated rings. The van der Waals surface area contributed by atoms with Gasteiger partial charge >= 0.3 is 0 Å². The number of carbonyl (C=O) groups excluding carboxylic acids is 1. The van der Waals surface area contributed by atoms with Crippen molar-refractivity contribution >= 4 is 27.9 Å². The van der Waals surface area contributed by atoms with Crippen LogP contribution in [0.3, 0.4) is 0 Å². The normalized spacial score (nSPS) is 12.6. The minimum atomic E-state index is -0.385. The third-order valence-corrected chi connectivity index (χ3v) is 2.63. The summed E-state index contributed by atoms with van der Waals surface area (Å²) in [4.78, 5) is 11.4. The maximum absolute atomic E-state index is 11.4. The van der Waals surface area contributed by atoms with Crippen molar-refractivity contribution in [2.24, 2.45) is 0 Å². The molecule has 1 rings (SSSR count). The minimum absolute atomic E-state index is 0.148. The fraction of sp³-hybridized carbons (Fsp3) is 0.308. The maximum Gasteiger partial charge on any atom is 0.244 e. The summed E-state index contributed by atoms with van der Waals surface area (Å²) in [6, 6.07) is 7.69. The number of carbonyl (C=O) groups is 1. The van der Waals surface area contributed by atoms with Gasteiger partial charge in [0.25, 0.3) is 0 Å². The van der Waals surface area contributed by atoms with E-state index in [0.29, 0.717) is 13.0 Å². The van der Waals surface area contributed by atoms with E-state index >= 15 is 0 Å². The van der Waals surface area contributed by atoms with Crippen LogP contribution in [0.4, 0.5) is 0 Å². The first-order valence-electron chi connectivity index (χ1n) is 5.47. The third kappa shape index (κ3) is 6.24. The number of hydrogen-bond donors (Lipinski definition) is 2. The molecule has 0 saturated heterocycles. The van der Waals surface area contributed by atoms with E-state index in [9.17, 15) is 4.79 Å². The van der Waals surface area contributed by atoms with E-state index < -0.39 is 0 Å². The van der Waals surface area contributed by atoms with Crippen molar-refractivity contribution in [1.82, 2.24) is 5.32 Å². The van der Waals surface area contributed by atoms with Crippen LogP contribution in [0.1, 0.15) is 18.9 Å². The number of halogens is 1. The number of hydrogen-bond acceptors (Lipinski definition) is 2. The first kappa shape index (κ1) is 13.9. The van der Waals surface area contributed by atoms with Crippen LogP contribution in [-0.4, -0.2) is 23.7 Å². The average Bonchev–Trinajstić information content (AvgIpc) is 2.26. The van der Waals surface area contributed by atoms with E-state index in [-0.39, 0.29) is 12.0 Å². The lowest BCUT2D eigenvalue weighted by Crippen LogP contribution is -2.24. The fourth-order valence-electron chi connectivity index (χ4n) is 1.25. The lowest BCUT2D eigenvalue weighted by Gasteiger charge is -2.03. The lowest BCUT2D eigenvalue weighted by atomic mass is 10.2. The second kappa shape index (κ2) is 7.25. The molecule has 4 heteroatoms. The Hall–Kier alpha value is -1.13. The number of aliphatic hydroxyl groups excluding tert-OH is 1. The molecule has 1 aromatic rings. The van der Waals surface area contributed by atoms with Gasteiger partial charge < -0.3 is 10.4 Å². The highest BCUT2D eigenvalue weighted by atomic mass is 79.9. The van der Waals surface area contributed by atoms with E-state index in [0.717, 1.165) is 10.0 Å². The van der Waals surface area contributed by atoms with Gasteiger partial charge in [0, 0.05) is 17.1 Å². The predicted octanol–water partition coefficient (Wildman–Crippen LogP) is 2.35. The Morgan fingerprint density at radius 3 is 3.00 bits per heavy atom. The summed E-state index contributed by atoms with van der Waals surface area (Å²) in [5.74, 6) is -0.148. The Kier molecular flexibility index (Phi) is 5.94. The topological polar surface area (TPSA) is 49.3 Å². The molecule has 0 aliphatic heterocycles. The van der Waals surface area contributed by atoms with E-state index in [1.807, 2.05) is 24.3 Å². The number of amides is 1. The van der Waals surface area contributed by atoms with E-state index in [4.69, 9.17) is 5.11 Å². The summed E-state index contributed by atoms with van der Waals surface area (Å²) < 4.78 is 0.981. The molecule has 0 spiro atoms. The van der Waals surface area contributed by atoms with Gasteiger partial charge in [-0.15, -0.1) is 0 Å². The van der Waals surface area contributed by atoms with Crippen LogP contribution < -0.4 is 5.32 Å². The molecule has 0 heterocycles. The first-order chi connectivity index (χ1) is 8.08. The number of aliphatic hydroxyl groups is 1. The molecule has 0 aliphatic rings. The second-order valence-corrected chi connectivity index (χ2v) is 4.73. The first-order valence-corrected chi connectivity index (χ1v) is 6.27. The highest BCUT2D eigenvalue weighted by molar-refractivity contribution is 9.10. The Morgan fingerprint density at radius 2 is 2.35 bits per heavy atom. The molecule has 2 N–H and O–H groups in total. The fourth-order valence-corrected chi connectivity index (χ4v) is 1.66. The Bertz CT molecular complexity index is 402. The van der Waals surface area contributed by atoms with Crippen molar-refractivity contribution in [1.29, 1.82) is 0 Å². The monoisotopic (exact) mass is 297 g/mol. The van der Waals surface area contributed by atoms with Gasteiger partial charge in [0.2, 0.25) is 5.91 Å². The van der Waals surface area contributed by atoms with Crippen LogP contribution in [-0.2, 0) is 4.79 Å². The van der Waals surface area contributed by atoms with Crippen LogP contribution in [0.5, 0.6) is 0 Å². The highest BCUT2D eigenvalue weighted by Gasteiger charge is 1.98. The van der Waals surface area contributed by atoms with Crippen molar-refractivity contribution in [3.05, 3.63) is 40.4 Å². The minimum Gasteiger partial charge on any atom is -0.393 e. The van der Waals surface area contributed by atoms with Crippen LogP contribution in [0.15, 0.2) is 34.8 Å². The van der Waals surface area contributed by atoms with Gasteiger partial charge in [0.15, 0.2) is 0 Å². The third-order valence-electron chi connectivity index (χ3n) is 2.14. The zero-order valence-electron chi connectivity index (χ0n) is 9.69. The quantitative estimate of drug-likeness (QED) is 0.820. The van der Waals surface area contributed by atoms with Gasteiger partial charge in [-0.25, -0.2) is 0 Å². The van der Waals surface area contributed by atoms with Gasteiger partial charge in [-0.05, 0) is 37.1 Å². The molecule has 17 heavy (non-hydrogen) atoms. The van der Waals surface area contributed by atoms with E-state index in [1.165, 1.54) is 6.08 Å². The summed E-state index contributed by atoms with van der Waals surface area (Å²) in [6.45, 7) is 2.18. The molecule has 92 valence electrons. The largest absolute Gasteiger partial charge is 0.393 e. The van der Waals surface area contributed by atoms with Crippen LogP contribution in [0, 0.1) is 0 Å². The van der Waals surface area contributed by atoms with Crippen molar-refractivity contribution in [2.75, 3.05) is 6.54 Å². The molecule has 0 radical (unpaired) electrons. The van der Waals surface area contributed by atoms with Gasteiger partial charge in [-0.2, -0.15) is 0 Å². The van der Waals surface area contributed by atoms with Gasteiger partial charge in [-0.1, -0.05) is 28.1 Å². The standard InChI is InChI=1S/C13H16BrNO2/c1-10(16)7-8-15-13(17)6-5-11-3-2-4-12(14)9-11/h2-6,9-10,16H,7-8H2,1H3,(H,15,17). The van der Waals surface area contributed by atoms with E-state index in [1.54, 1.807) is 13.0 Å². The SMILES string of the molecule is CC(O)CCNC(=O)C=Cc1cccc(Br)c1. The number of benzene rings is 1. The average molecular weight is 298 g/mol. The molecule has 1 amide bonds. The number of nitrogens with one attached hydrogen (secondary N) is 1. The van der Waals surface area contributed by atoms with Gasteiger partial charge in [0.1, 0.15) is 0 Å². The predicted molar refractivity (Wildman–Crippen MR) is 72.5 cm³/mol. The number of rotatable bonds is 5. The molecule has 1 atom stereocenters. The summed E-state index contributed by atoms with van der Waals surface area (Å²) in [5, 5.41) is 11.7. The zero-order chi connectivity index (χ0) is 12.7. The summed E-state index contributed by atoms with van der Waals surface area (Å²) >= 11 is 3.36. The summed E-state index contributed by atoms with van der Waals surface area (Å²) in [6.07, 6.45) is 3.42. The van der Waals surface area contributed by atoms with Crippen molar-refractivity contribution in [2.45, 2.75) is 19.4 Å². The maximum atomic E-state index is 11.4. The molecule has 0 aliphatic carbocycles. The zero-order valence-corrected chi connectivity index (χ0v) is 11.3. The summed E-state index contributed by atoms with van der Waals surface area (Å²) in [7, 11) is 0. The summed E-state index contributed by atoms with van der Waals surface area (Å²) in [5.41, 5.74) is 0.963. The molecule has 1 unspecified atom stereocenters. The molecule has 3 nitrogen and oxygen atoms in total. The lowest BCUT2D eigenvalue weighted by molar-refractivity contribution is -0.116. The molecule has 0 saturated carbocycles. The molecule has 1 aromatic carbocycles.